The van der Waals surface area contributed by atoms with E-state index in [0.29, 0.717) is 32.0 Å². The first-order valence-electron chi connectivity index (χ1n) is 16.8. The van der Waals surface area contributed by atoms with E-state index in [1.165, 1.54) is 56.6 Å². The second-order valence-electron chi connectivity index (χ2n) is 14.0. The Morgan fingerprint density at radius 2 is 1.75 bits per heavy atom. The van der Waals surface area contributed by atoms with Crippen LogP contribution in [0.3, 0.4) is 0 Å². The normalized spacial score (nSPS) is 30.2. The largest absolute Gasteiger partial charge is 0.492 e. The number of carbonyl (C=O) groups excluding carboxylic acids is 3. The van der Waals surface area contributed by atoms with Gasteiger partial charge in [0.1, 0.15) is 18.4 Å². The summed E-state index contributed by atoms with van der Waals surface area (Å²) in [5.74, 6) is 1.12. The van der Waals surface area contributed by atoms with Crippen molar-refractivity contribution in [3.05, 3.63) is 53.3 Å². The third-order valence-corrected chi connectivity index (χ3v) is 10.9. The molecule has 0 bridgehead atoms. The number of benzene rings is 1. The number of carbonyl (C=O) groups is 3. The molecule has 44 heavy (non-hydrogen) atoms. The van der Waals surface area contributed by atoms with E-state index in [9.17, 15) is 14.4 Å². The average Bonchev–Trinajstić information content (AvgIpc) is 3.81. The van der Waals surface area contributed by atoms with Gasteiger partial charge in [0.2, 0.25) is 17.7 Å². The molecule has 1 aromatic carbocycles. The maximum atomic E-state index is 13.4. The van der Waals surface area contributed by atoms with E-state index < -0.39 is 11.5 Å². The molecule has 1 aromatic rings. The molecule has 4 saturated heterocycles. The Balaban J connectivity index is 0.928. The number of hydrogen-bond acceptors (Lipinski definition) is 7. The molecule has 236 valence electrons. The van der Waals surface area contributed by atoms with Crippen molar-refractivity contribution in [1.82, 2.24) is 20.0 Å². The van der Waals surface area contributed by atoms with Crippen LogP contribution < -0.4 is 10.2 Å². The Bertz CT molecular complexity index is 1330. The minimum atomic E-state index is -0.651. The van der Waals surface area contributed by atoms with Gasteiger partial charge in [-0.25, -0.2) is 0 Å². The Labute approximate surface area is 261 Å². The maximum Gasteiger partial charge on any atom is 0.249 e. The number of amides is 3. The molecule has 1 saturated carbocycles. The molecule has 2 aliphatic carbocycles. The van der Waals surface area contributed by atoms with E-state index in [4.69, 9.17) is 4.74 Å². The van der Waals surface area contributed by atoms with Crippen molar-refractivity contribution >= 4 is 23.4 Å². The fourth-order valence-electron chi connectivity index (χ4n) is 7.72. The van der Waals surface area contributed by atoms with Gasteiger partial charge in [0.15, 0.2) is 0 Å². The molecule has 7 rings (SSSR count). The number of piperazine rings is 1. The molecule has 4 heterocycles. The standard InChI is InChI=1S/C35H47N5O4/c1-35-14-13-30(20-27(35)23-40(34(35)43)31-11-12-32(41)36-33(31)42)44-24-29-4-2-3-15-39(29)22-26-7-9-28(10-8-26)38-18-16-37(17-19-38)21-25-5-6-25/h7-10,13,20,25,29,31H,2-6,11-12,14-19,21-24H2,1H3,(H,36,41,42)/t29-,31?,35?/m1/s1. The van der Waals surface area contributed by atoms with Crippen LogP contribution in [0.1, 0.15) is 63.9 Å². The smallest absolute Gasteiger partial charge is 0.249 e. The molecule has 1 N–H and O–H groups in total. The summed E-state index contributed by atoms with van der Waals surface area (Å²) in [5.41, 5.74) is 3.03. The fourth-order valence-corrected chi connectivity index (χ4v) is 7.72. The fraction of sp³-hybridized carbons (Fsp3) is 0.629. The van der Waals surface area contributed by atoms with Gasteiger partial charge in [-0.15, -0.1) is 0 Å². The molecule has 0 spiro atoms. The Morgan fingerprint density at radius 3 is 2.50 bits per heavy atom. The van der Waals surface area contributed by atoms with Gasteiger partial charge in [-0.05, 0) is 93.3 Å². The van der Waals surface area contributed by atoms with Crippen LogP contribution in [0.25, 0.3) is 0 Å². The number of rotatable bonds is 9. The molecule has 2 unspecified atom stereocenters. The number of hydrogen-bond donors (Lipinski definition) is 1. The first kappa shape index (κ1) is 29.5. The van der Waals surface area contributed by atoms with E-state index in [2.05, 4.69) is 44.3 Å². The SMILES string of the molecule is CC12CC=C(OC[C@H]3CCCCN3Cc3ccc(N4CCN(CC5CC5)CC4)cc3)C=C1CN(C1CCC(=O)NC1=O)C2=O. The zero-order chi connectivity index (χ0) is 30.3. The van der Waals surface area contributed by atoms with Gasteiger partial charge in [-0.3, -0.25) is 29.5 Å². The van der Waals surface area contributed by atoms with Crippen molar-refractivity contribution < 1.29 is 19.1 Å². The lowest BCUT2D eigenvalue weighted by Gasteiger charge is -2.37. The van der Waals surface area contributed by atoms with E-state index in [1.54, 1.807) is 4.90 Å². The van der Waals surface area contributed by atoms with Crippen molar-refractivity contribution in [2.45, 2.75) is 76.9 Å². The van der Waals surface area contributed by atoms with Gasteiger partial charge in [0.05, 0.1) is 5.41 Å². The van der Waals surface area contributed by atoms with Crippen LogP contribution in [0.5, 0.6) is 0 Å². The van der Waals surface area contributed by atoms with Crippen LogP contribution in [-0.4, -0.2) is 96.9 Å². The summed E-state index contributed by atoms with van der Waals surface area (Å²) in [6.07, 6.45) is 11.7. The van der Waals surface area contributed by atoms with Crippen LogP contribution in [-0.2, 0) is 25.7 Å². The summed E-state index contributed by atoms with van der Waals surface area (Å²) in [5, 5.41) is 2.40. The highest BCUT2D eigenvalue weighted by atomic mass is 16.5. The number of fused-ring (bicyclic) bond motifs is 1. The monoisotopic (exact) mass is 601 g/mol. The van der Waals surface area contributed by atoms with Gasteiger partial charge in [-0.1, -0.05) is 18.6 Å². The summed E-state index contributed by atoms with van der Waals surface area (Å²) in [7, 11) is 0. The molecule has 5 fully saturated rings. The summed E-state index contributed by atoms with van der Waals surface area (Å²) in [6, 6.07) is 8.98. The van der Waals surface area contributed by atoms with Crippen molar-refractivity contribution in [2.75, 3.05) is 57.3 Å². The van der Waals surface area contributed by atoms with E-state index in [0.717, 1.165) is 49.9 Å². The number of imide groups is 1. The van der Waals surface area contributed by atoms with Crippen LogP contribution in [0, 0.1) is 11.3 Å². The van der Waals surface area contributed by atoms with Crippen LogP contribution in [0.4, 0.5) is 5.69 Å². The lowest BCUT2D eigenvalue weighted by molar-refractivity contribution is -0.146. The van der Waals surface area contributed by atoms with Crippen LogP contribution >= 0.6 is 0 Å². The molecule has 0 radical (unpaired) electrons. The number of nitrogens with one attached hydrogen (secondary N) is 1. The van der Waals surface area contributed by atoms with Crippen molar-refractivity contribution in [3.63, 3.8) is 0 Å². The summed E-state index contributed by atoms with van der Waals surface area (Å²) in [4.78, 5) is 46.9. The summed E-state index contributed by atoms with van der Waals surface area (Å²) >= 11 is 0. The number of piperidine rings is 2. The van der Waals surface area contributed by atoms with Gasteiger partial charge < -0.3 is 14.5 Å². The van der Waals surface area contributed by atoms with E-state index >= 15 is 0 Å². The van der Waals surface area contributed by atoms with Crippen molar-refractivity contribution in [3.8, 4) is 0 Å². The Morgan fingerprint density at radius 1 is 0.955 bits per heavy atom. The van der Waals surface area contributed by atoms with Gasteiger partial charge in [0, 0.05) is 64.0 Å². The third kappa shape index (κ3) is 6.18. The van der Waals surface area contributed by atoms with Crippen molar-refractivity contribution in [2.24, 2.45) is 11.3 Å². The highest BCUT2D eigenvalue weighted by molar-refractivity contribution is 6.03. The predicted octanol–water partition coefficient (Wildman–Crippen LogP) is 3.46. The van der Waals surface area contributed by atoms with E-state index in [-0.39, 0.29) is 24.1 Å². The number of likely N-dealkylation sites (tertiary alicyclic amines) is 2. The lowest BCUT2D eigenvalue weighted by atomic mass is 9.78. The first-order valence-corrected chi connectivity index (χ1v) is 16.8. The van der Waals surface area contributed by atoms with Gasteiger partial charge in [-0.2, -0.15) is 0 Å². The minimum Gasteiger partial charge on any atom is -0.492 e. The molecule has 4 aliphatic heterocycles. The highest BCUT2D eigenvalue weighted by Crippen LogP contribution is 2.45. The molecule has 9 nitrogen and oxygen atoms in total. The predicted molar refractivity (Wildman–Crippen MR) is 169 cm³/mol. The van der Waals surface area contributed by atoms with E-state index in [1.807, 2.05) is 19.1 Å². The molecule has 3 amide bonds. The third-order valence-electron chi connectivity index (χ3n) is 10.9. The van der Waals surface area contributed by atoms with Crippen LogP contribution in [0.2, 0.25) is 0 Å². The number of anilines is 1. The maximum absolute atomic E-state index is 13.4. The highest BCUT2D eigenvalue weighted by Gasteiger charge is 2.51. The second-order valence-corrected chi connectivity index (χ2v) is 14.0. The van der Waals surface area contributed by atoms with Gasteiger partial charge in [0.25, 0.3) is 0 Å². The molecule has 0 aromatic heterocycles. The average molecular weight is 602 g/mol. The first-order chi connectivity index (χ1) is 21.4. The Kier molecular flexibility index (Phi) is 8.27. The van der Waals surface area contributed by atoms with Crippen LogP contribution in [0.15, 0.2) is 47.7 Å². The number of nitrogens with zero attached hydrogens (tertiary/aromatic N) is 4. The molecule has 3 atom stereocenters. The van der Waals surface area contributed by atoms with Crippen molar-refractivity contribution in [1.29, 1.82) is 0 Å². The number of allylic oxidation sites excluding steroid dienone is 2. The zero-order valence-corrected chi connectivity index (χ0v) is 26.1. The topological polar surface area (TPSA) is 85.4 Å². The minimum absolute atomic E-state index is 0.0335. The molecule has 6 aliphatic rings. The molecule has 9 heteroatoms. The van der Waals surface area contributed by atoms with Gasteiger partial charge >= 0.3 is 0 Å². The number of ether oxygens (including phenoxy) is 1. The quantitative estimate of drug-likeness (QED) is 0.434. The second kappa shape index (κ2) is 12.3. The molecular weight excluding hydrogens is 554 g/mol. The lowest BCUT2D eigenvalue weighted by Crippen LogP contribution is -2.53. The summed E-state index contributed by atoms with van der Waals surface area (Å²) < 4.78 is 6.41. The Hall–Kier alpha value is -3.17. The summed E-state index contributed by atoms with van der Waals surface area (Å²) in [6.45, 7) is 10.9. The molecular formula is C35H47N5O4. The zero-order valence-electron chi connectivity index (χ0n) is 26.1.